The van der Waals surface area contributed by atoms with Crippen molar-refractivity contribution in [2.24, 2.45) is 5.73 Å². The van der Waals surface area contributed by atoms with Gasteiger partial charge in [0.1, 0.15) is 6.54 Å². The van der Waals surface area contributed by atoms with Crippen LogP contribution < -0.4 is 16.6 Å². The molecule has 0 bridgehead atoms. The average molecular weight is 350 g/mol. The summed E-state index contributed by atoms with van der Waals surface area (Å²) in [6.45, 7) is 1.54. The summed E-state index contributed by atoms with van der Waals surface area (Å²) in [4.78, 5) is 36.6. The van der Waals surface area contributed by atoms with Crippen molar-refractivity contribution < 1.29 is 9.59 Å². The van der Waals surface area contributed by atoms with Gasteiger partial charge in [0.05, 0.1) is 11.4 Å². The fraction of sp³-hybridized carbons (Fsp3) is 0.158. The second-order valence-corrected chi connectivity index (χ2v) is 5.92. The number of carbonyl (C=O) groups is 2. The zero-order valence-corrected chi connectivity index (χ0v) is 14.2. The lowest BCUT2D eigenvalue weighted by atomic mass is 10.1. The fourth-order valence-electron chi connectivity index (χ4n) is 2.77. The monoisotopic (exact) mass is 350 g/mol. The average Bonchev–Trinajstić information content (AvgIpc) is 2.64. The fourth-order valence-corrected chi connectivity index (χ4v) is 2.77. The highest BCUT2D eigenvalue weighted by Crippen LogP contribution is 2.13. The highest BCUT2D eigenvalue weighted by molar-refractivity contribution is 6.04. The van der Waals surface area contributed by atoms with Crippen LogP contribution in [0.15, 0.2) is 59.4 Å². The van der Waals surface area contributed by atoms with Crippen molar-refractivity contribution in [1.82, 2.24) is 15.1 Å². The Morgan fingerprint density at radius 1 is 1.08 bits per heavy atom. The highest BCUT2D eigenvalue weighted by Gasteiger charge is 2.17. The minimum Gasteiger partial charge on any atom is -0.364 e. The molecule has 0 aliphatic heterocycles. The van der Waals surface area contributed by atoms with Gasteiger partial charge in [0.15, 0.2) is 5.69 Å². The van der Waals surface area contributed by atoms with Gasteiger partial charge in [-0.05, 0) is 18.6 Å². The minimum atomic E-state index is -0.756. The molecule has 26 heavy (non-hydrogen) atoms. The molecule has 1 heterocycles. The van der Waals surface area contributed by atoms with Crippen molar-refractivity contribution in [3.8, 4) is 0 Å². The summed E-state index contributed by atoms with van der Waals surface area (Å²) in [5, 5.41) is 7.47. The topological polar surface area (TPSA) is 107 Å². The van der Waals surface area contributed by atoms with E-state index in [4.69, 9.17) is 5.73 Å². The molecule has 2 aromatic carbocycles. The molecule has 0 fully saturated rings. The maximum atomic E-state index is 12.6. The molecule has 132 valence electrons. The van der Waals surface area contributed by atoms with Crippen LogP contribution in [0.1, 0.15) is 29.0 Å². The Morgan fingerprint density at radius 3 is 2.35 bits per heavy atom. The van der Waals surface area contributed by atoms with Crippen molar-refractivity contribution in [3.05, 3.63) is 76.2 Å². The molecular weight excluding hydrogens is 332 g/mol. The number of primary amides is 1. The van der Waals surface area contributed by atoms with Crippen LogP contribution in [0.5, 0.6) is 0 Å². The lowest BCUT2D eigenvalue weighted by Gasteiger charge is -2.15. The number of nitrogens with two attached hydrogens (primary N) is 1. The summed E-state index contributed by atoms with van der Waals surface area (Å²) in [5.74, 6) is -1.14. The number of benzene rings is 2. The van der Waals surface area contributed by atoms with E-state index in [1.807, 2.05) is 37.3 Å². The molecule has 3 aromatic rings. The van der Waals surface area contributed by atoms with E-state index in [9.17, 15) is 14.4 Å². The Bertz CT molecular complexity index is 1030. The van der Waals surface area contributed by atoms with Gasteiger partial charge < -0.3 is 11.1 Å². The first kappa shape index (κ1) is 17.3. The molecule has 1 atom stereocenters. The van der Waals surface area contributed by atoms with Crippen LogP contribution in [0.3, 0.4) is 0 Å². The molecule has 0 spiro atoms. The van der Waals surface area contributed by atoms with Gasteiger partial charge >= 0.3 is 0 Å². The van der Waals surface area contributed by atoms with Crippen LogP contribution in [0, 0.1) is 0 Å². The molecule has 7 heteroatoms. The molecule has 0 saturated carbocycles. The standard InChI is InChI=1S/C19H18N4O3/c1-12(13-7-3-2-4-8-13)21-16(24)11-23-19(26)15-10-6-5-9-14(15)17(22-23)18(20)25/h2-10,12H,11H2,1H3,(H2,20,25)(H,21,24)/t12-/m1/s1. The van der Waals surface area contributed by atoms with E-state index in [1.54, 1.807) is 24.3 Å². The molecule has 0 unspecified atom stereocenters. The number of carbonyl (C=O) groups excluding carboxylic acids is 2. The van der Waals surface area contributed by atoms with Gasteiger partial charge in [-0.1, -0.05) is 48.5 Å². The van der Waals surface area contributed by atoms with Crippen molar-refractivity contribution in [3.63, 3.8) is 0 Å². The second-order valence-electron chi connectivity index (χ2n) is 5.92. The van der Waals surface area contributed by atoms with E-state index in [0.717, 1.165) is 10.2 Å². The zero-order valence-electron chi connectivity index (χ0n) is 14.2. The van der Waals surface area contributed by atoms with Crippen LogP contribution in [-0.4, -0.2) is 21.6 Å². The van der Waals surface area contributed by atoms with Gasteiger partial charge in [-0.15, -0.1) is 0 Å². The minimum absolute atomic E-state index is 0.0379. The maximum Gasteiger partial charge on any atom is 0.275 e. The largest absolute Gasteiger partial charge is 0.364 e. The first-order valence-electron chi connectivity index (χ1n) is 8.11. The molecule has 0 aliphatic rings. The third-order valence-electron chi connectivity index (χ3n) is 4.07. The Labute approximate surface area is 149 Å². The zero-order chi connectivity index (χ0) is 18.7. The third-order valence-corrected chi connectivity index (χ3v) is 4.07. The summed E-state index contributed by atoms with van der Waals surface area (Å²) < 4.78 is 0.968. The van der Waals surface area contributed by atoms with Gasteiger partial charge in [0.25, 0.3) is 11.5 Å². The quantitative estimate of drug-likeness (QED) is 0.724. The van der Waals surface area contributed by atoms with E-state index >= 15 is 0 Å². The number of hydrogen-bond acceptors (Lipinski definition) is 4. The van der Waals surface area contributed by atoms with Crippen molar-refractivity contribution in [1.29, 1.82) is 0 Å². The Kier molecular flexibility index (Phi) is 4.79. The van der Waals surface area contributed by atoms with Crippen LogP contribution in [0.4, 0.5) is 0 Å². The van der Waals surface area contributed by atoms with Crippen molar-refractivity contribution in [2.75, 3.05) is 0 Å². The first-order chi connectivity index (χ1) is 12.5. The predicted molar refractivity (Wildman–Crippen MR) is 97.5 cm³/mol. The van der Waals surface area contributed by atoms with Crippen molar-refractivity contribution >= 4 is 22.6 Å². The Morgan fingerprint density at radius 2 is 1.69 bits per heavy atom. The molecule has 0 aliphatic carbocycles. The molecule has 3 rings (SSSR count). The third kappa shape index (κ3) is 3.46. The van der Waals surface area contributed by atoms with Crippen LogP contribution >= 0.6 is 0 Å². The Balaban J connectivity index is 1.89. The lowest BCUT2D eigenvalue weighted by Crippen LogP contribution is -2.36. The van der Waals surface area contributed by atoms with E-state index < -0.39 is 11.5 Å². The van der Waals surface area contributed by atoms with Gasteiger partial charge in [0, 0.05) is 5.39 Å². The molecule has 3 N–H and O–H groups in total. The molecule has 0 radical (unpaired) electrons. The predicted octanol–water partition coefficient (Wildman–Crippen LogP) is 1.37. The van der Waals surface area contributed by atoms with Gasteiger partial charge in [-0.3, -0.25) is 14.4 Å². The van der Waals surface area contributed by atoms with Crippen LogP contribution in [-0.2, 0) is 11.3 Å². The number of hydrogen-bond donors (Lipinski definition) is 2. The van der Waals surface area contributed by atoms with Crippen LogP contribution in [0.2, 0.25) is 0 Å². The number of rotatable bonds is 5. The smallest absolute Gasteiger partial charge is 0.275 e. The molecule has 2 amide bonds. The van der Waals surface area contributed by atoms with Crippen molar-refractivity contribution in [2.45, 2.75) is 19.5 Å². The molecule has 1 aromatic heterocycles. The lowest BCUT2D eigenvalue weighted by molar-refractivity contribution is -0.122. The van der Waals surface area contributed by atoms with Gasteiger partial charge in [-0.2, -0.15) is 5.10 Å². The molecule has 7 nitrogen and oxygen atoms in total. The maximum absolute atomic E-state index is 12.6. The SMILES string of the molecule is C[C@@H](NC(=O)Cn1nc(C(N)=O)c2ccccc2c1=O)c1ccccc1. The summed E-state index contributed by atoms with van der Waals surface area (Å²) >= 11 is 0. The normalized spacial score (nSPS) is 11.9. The van der Waals surface area contributed by atoms with Gasteiger partial charge in [-0.25, -0.2) is 4.68 Å². The van der Waals surface area contributed by atoms with Crippen LogP contribution in [0.25, 0.3) is 10.8 Å². The van der Waals surface area contributed by atoms with Gasteiger partial charge in [0.2, 0.25) is 5.91 Å². The number of fused-ring (bicyclic) bond motifs is 1. The summed E-state index contributed by atoms with van der Waals surface area (Å²) in [5.41, 5.74) is 5.82. The number of amides is 2. The highest BCUT2D eigenvalue weighted by atomic mass is 16.2. The number of aromatic nitrogens is 2. The van der Waals surface area contributed by atoms with E-state index in [0.29, 0.717) is 10.8 Å². The summed E-state index contributed by atoms with van der Waals surface area (Å²) in [6.07, 6.45) is 0. The van der Waals surface area contributed by atoms with E-state index in [2.05, 4.69) is 10.4 Å². The number of nitrogens with one attached hydrogen (secondary N) is 1. The summed E-state index contributed by atoms with van der Waals surface area (Å²) in [6, 6.07) is 15.8. The molecular formula is C19H18N4O3. The first-order valence-corrected chi connectivity index (χ1v) is 8.11. The number of nitrogens with zero attached hydrogens (tertiary/aromatic N) is 2. The summed E-state index contributed by atoms with van der Waals surface area (Å²) in [7, 11) is 0. The Hall–Kier alpha value is -3.48. The van der Waals surface area contributed by atoms with E-state index in [1.165, 1.54) is 0 Å². The second kappa shape index (κ2) is 7.18. The molecule has 0 saturated heterocycles. The van der Waals surface area contributed by atoms with E-state index in [-0.39, 0.29) is 24.2 Å².